The van der Waals surface area contributed by atoms with Crippen LogP contribution in [0.1, 0.15) is 51.4 Å². The van der Waals surface area contributed by atoms with Gasteiger partial charge in [-0.2, -0.15) is 0 Å². The lowest BCUT2D eigenvalue weighted by molar-refractivity contribution is -0.120. The van der Waals surface area contributed by atoms with Gasteiger partial charge in [0, 0.05) is 43.8 Å². The van der Waals surface area contributed by atoms with Gasteiger partial charge < -0.3 is 27.4 Å². The van der Waals surface area contributed by atoms with Gasteiger partial charge in [0.15, 0.2) is 5.78 Å². The molecule has 0 aromatic heterocycles. The van der Waals surface area contributed by atoms with Crippen molar-refractivity contribution in [2.75, 3.05) is 26.2 Å². The molecular weight excluding hydrogens is 302 g/mol. The molecule has 0 bridgehead atoms. The predicted molar refractivity (Wildman–Crippen MR) is 98.6 cm³/mol. The number of hydrogen-bond donors (Lipinski definition) is 5. The lowest BCUT2D eigenvalue weighted by atomic mass is 9.92. The summed E-state index contributed by atoms with van der Waals surface area (Å²) in [6.45, 7) is 3.12. The van der Waals surface area contributed by atoms with Crippen molar-refractivity contribution in [2.45, 2.75) is 69.5 Å². The number of hydrogen-bond acceptors (Lipinski definition) is 6. The fraction of sp³-hybridized carbons (Fsp3) is 0.833. The highest BCUT2D eigenvalue weighted by atomic mass is 16.1. The van der Waals surface area contributed by atoms with Crippen LogP contribution in [0.3, 0.4) is 0 Å². The first-order valence-corrected chi connectivity index (χ1v) is 9.58. The molecule has 0 spiro atoms. The molecule has 0 radical (unpaired) electrons. The second-order valence-electron chi connectivity index (χ2n) is 7.04. The highest BCUT2D eigenvalue weighted by Crippen LogP contribution is 2.18. The predicted octanol–water partition coefficient (Wildman–Crippen LogP) is 0.379. The van der Waals surface area contributed by atoms with E-state index in [0.29, 0.717) is 25.6 Å². The Bertz CT molecular complexity index is 406. The molecule has 0 saturated heterocycles. The zero-order valence-electron chi connectivity index (χ0n) is 14.9. The highest BCUT2D eigenvalue weighted by Gasteiger charge is 2.26. The van der Waals surface area contributed by atoms with Gasteiger partial charge in [0.2, 0.25) is 0 Å². The standard InChI is InChI=1S/C18H35N5O/c19-10-6-16(23-15-4-2-1-3-5-15)18(20)17(24)9-13-22-14-7-11-21-12-8-14/h7,15-16,18,21-23H,1-6,8-13,19-20H2. The summed E-state index contributed by atoms with van der Waals surface area (Å²) in [5, 5.41) is 10.2. The van der Waals surface area contributed by atoms with Crippen LogP contribution >= 0.6 is 0 Å². The molecule has 1 saturated carbocycles. The number of Topliss-reactive ketones (excluding diaryl/α,β-unsaturated/α-hetero) is 1. The van der Waals surface area contributed by atoms with Crippen LogP contribution in [0.5, 0.6) is 0 Å². The summed E-state index contributed by atoms with van der Waals surface area (Å²) in [7, 11) is 0. The van der Waals surface area contributed by atoms with Crippen LogP contribution in [0.2, 0.25) is 0 Å². The van der Waals surface area contributed by atoms with Crippen LogP contribution in [-0.4, -0.2) is 50.1 Å². The summed E-state index contributed by atoms with van der Waals surface area (Å²) < 4.78 is 0. The third-order valence-electron chi connectivity index (χ3n) is 5.13. The molecule has 7 N–H and O–H groups in total. The average Bonchev–Trinajstić information content (AvgIpc) is 2.62. The SMILES string of the molecule is NCCC(NC1CCCCC1)C(N)C(=O)CCNC1=CCNCC1. The molecule has 6 nitrogen and oxygen atoms in total. The molecule has 6 heteroatoms. The van der Waals surface area contributed by atoms with Crippen LogP contribution < -0.4 is 27.4 Å². The molecule has 2 unspecified atom stereocenters. The average molecular weight is 338 g/mol. The van der Waals surface area contributed by atoms with Crippen molar-refractivity contribution >= 4 is 5.78 Å². The number of nitrogens with one attached hydrogen (secondary N) is 3. The van der Waals surface area contributed by atoms with Crippen LogP contribution in [-0.2, 0) is 4.79 Å². The van der Waals surface area contributed by atoms with E-state index in [-0.39, 0.29) is 11.8 Å². The maximum absolute atomic E-state index is 12.5. The number of rotatable bonds is 10. The first-order chi connectivity index (χ1) is 11.7. The molecular formula is C18H35N5O. The van der Waals surface area contributed by atoms with Crippen molar-refractivity contribution in [1.82, 2.24) is 16.0 Å². The van der Waals surface area contributed by atoms with E-state index in [0.717, 1.165) is 25.9 Å². The monoisotopic (exact) mass is 337 g/mol. The van der Waals surface area contributed by atoms with E-state index >= 15 is 0 Å². The zero-order chi connectivity index (χ0) is 17.2. The third kappa shape index (κ3) is 6.51. The Hall–Kier alpha value is -0.950. The topological polar surface area (TPSA) is 105 Å². The first kappa shape index (κ1) is 19.4. The van der Waals surface area contributed by atoms with Gasteiger partial charge in [0.05, 0.1) is 6.04 Å². The molecule has 1 aliphatic heterocycles. The Morgan fingerprint density at radius 1 is 1.33 bits per heavy atom. The number of carbonyl (C=O) groups is 1. The van der Waals surface area contributed by atoms with E-state index in [1.165, 1.54) is 37.8 Å². The summed E-state index contributed by atoms with van der Waals surface area (Å²) >= 11 is 0. The van der Waals surface area contributed by atoms with Gasteiger partial charge in [0.25, 0.3) is 0 Å². The summed E-state index contributed by atoms with van der Waals surface area (Å²) in [6.07, 6.45) is 10.6. The molecule has 1 fully saturated rings. The second kappa shape index (κ2) is 10.8. The van der Waals surface area contributed by atoms with Crippen LogP contribution in [0, 0.1) is 0 Å². The van der Waals surface area contributed by atoms with Gasteiger partial charge in [0.1, 0.15) is 0 Å². The number of carbonyl (C=O) groups excluding carboxylic acids is 1. The van der Waals surface area contributed by atoms with Crippen molar-refractivity contribution in [3.8, 4) is 0 Å². The molecule has 138 valence electrons. The van der Waals surface area contributed by atoms with Crippen LogP contribution in [0.25, 0.3) is 0 Å². The van der Waals surface area contributed by atoms with Gasteiger partial charge in [-0.3, -0.25) is 4.79 Å². The summed E-state index contributed by atoms with van der Waals surface area (Å²) in [4.78, 5) is 12.5. The van der Waals surface area contributed by atoms with Crippen LogP contribution in [0.4, 0.5) is 0 Å². The summed E-state index contributed by atoms with van der Waals surface area (Å²) in [6, 6.07) is 0.0372. The van der Waals surface area contributed by atoms with E-state index in [1.807, 2.05) is 0 Å². The van der Waals surface area contributed by atoms with E-state index in [2.05, 4.69) is 22.0 Å². The van der Waals surface area contributed by atoms with E-state index in [4.69, 9.17) is 11.5 Å². The van der Waals surface area contributed by atoms with Gasteiger partial charge in [-0.25, -0.2) is 0 Å². The highest BCUT2D eigenvalue weighted by molar-refractivity contribution is 5.84. The molecule has 1 aliphatic carbocycles. The Morgan fingerprint density at radius 3 is 2.79 bits per heavy atom. The first-order valence-electron chi connectivity index (χ1n) is 9.58. The largest absolute Gasteiger partial charge is 0.388 e. The fourth-order valence-corrected chi connectivity index (χ4v) is 3.64. The maximum Gasteiger partial charge on any atom is 0.152 e. The third-order valence-corrected chi connectivity index (χ3v) is 5.13. The van der Waals surface area contributed by atoms with Crippen molar-refractivity contribution < 1.29 is 4.79 Å². The Labute approximate surface area is 146 Å². The Morgan fingerprint density at radius 2 is 2.12 bits per heavy atom. The lowest BCUT2D eigenvalue weighted by Crippen LogP contribution is -2.54. The van der Waals surface area contributed by atoms with Crippen molar-refractivity contribution in [3.05, 3.63) is 11.8 Å². The summed E-state index contributed by atoms with van der Waals surface area (Å²) in [5.74, 6) is 0.124. The van der Waals surface area contributed by atoms with Gasteiger partial charge >= 0.3 is 0 Å². The molecule has 1 heterocycles. The number of nitrogens with two attached hydrogens (primary N) is 2. The molecule has 2 aliphatic rings. The van der Waals surface area contributed by atoms with E-state index in [9.17, 15) is 4.79 Å². The minimum atomic E-state index is -0.459. The van der Waals surface area contributed by atoms with Crippen molar-refractivity contribution in [3.63, 3.8) is 0 Å². The zero-order valence-corrected chi connectivity index (χ0v) is 14.9. The van der Waals surface area contributed by atoms with Gasteiger partial charge in [-0.05, 0) is 32.2 Å². The normalized spacial score (nSPS) is 21.8. The molecule has 0 aromatic rings. The summed E-state index contributed by atoms with van der Waals surface area (Å²) in [5.41, 5.74) is 13.2. The Balaban J connectivity index is 1.75. The lowest BCUT2D eigenvalue weighted by Gasteiger charge is -2.31. The Kier molecular flexibility index (Phi) is 8.74. The van der Waals surface area contributed by atoms with E-state index in [1.54, 1.807) is 0 Å². The number of ketones is 1. The smallest absolute Gasteiger partial charge is 0.152 e. The van der Waals surface area contributed by atoms with Crippen molar-refractivity contribution in [2.24, 2.45) is 11.5 Å². The van der Waals surface area contributed by atoms with Crippen LogP contribution in [0.15, 0.2) is 11.8 Å². The second-order valence-corrected chi connectivity index (χ2v) is 7.04. The van der Waals surface area contributed by atoms with Gasteiger partial charge in [-0.1, -0.05) is 25.3 Å². The fourth-order valence-electron chi connectivity index (χ4n) is 3.64. The molecule has 0 aromatic carbocycles. The molecule has 2 atom stereocenters. The maximum atomic E-state index is 12.5. The molecule has 24 heavy (non-hydrogen) atoms. The minimum Gasteiger partial charge on any atom is -0.388 e. The quantitative estimate of drug-likeness (QED) is 0.395. The minimum absolute atomic E-state index is 0.00342. The van der Waals surface area contributed by atoms with E-state index < -0.39 is 6.04 Å². The molecule has 2 rings (SSSR count). The molecule has 0 amide bonds. The van der Waals surface area contributed by atoms with Gasteiger partial charge in [-0.15, -0.1) is 0 Å². The van der Waals surface area contributed by atoms with Crippen molar-refractivity contribution in [1.29, 1.82) is 0 Å².